The molecule has 0 aromatic heterocycles. The minimum absolute atomic E-state index is 0.0807. The second kappa shape index (κ2) is 6.01. The van der Waals surface area contributed by atoms with E-state index in [0.29, 0.717) is 0 Å². The summed E-state index contributed by atoms with van der Waals surface area (Å²) in [6.45, 7) is 1.76. The van der Waals surface area contributed by atoms with Crippen molar-refractivity contribution in [3.05, 3.63) is 53.1 Å². The van der Waals surface area contributed by atoms with Crippen LogP contribution >= 0.6 is 0 Å². The van der Waals surface area contributed by atoms with Gasteiger partial charge in [0, 0.05) is 24.0 Å². The van der Waals surface area contributed by atoms with Crippen LogP contribution in [-0.2, 0) is 11.2 Å². The third-order valence-electron chi connectivity index (χ3n) is 5.60. The number of hydrogen-bond donors (Lipinski definition) is 0. The molecule has 1 amide bonds. The summed E-state index contributed by atoms with van der Waals surface area (Å²) in [5, 5.41) is 6.36. The van der Waals surface area contributed by atoms with Crippen LogP contribution in [0.5, 0.6) is 17.2 Å². The second-order valence-corrected chi connectivity index (χ2v) is 7.04. The molecule has 2 heterocycles. The van der Waals surface area contributed by atoms with Crippen LogP contribution in [0.2, 0.25) is 0 Å². The average Bonchev–Trinajstić information content (AvgIpc) is 3.32. The van der Waals surface area contributed by atoms with Crippen LogP contribution < -0.4 is 14.2 Å². The number of carbonyl (C=O) groups is 1. The van der Waals surface area contributed by atoms with Crippen LogP contribution in [0.4, 0.5) is 0 Å². The van der Waals surface area contributed by atoms with Crippen LogP contribution in [0.25, 0.3) is 0 Å². The summed E-state index contributed by atoms with van der Waals surface area (Å²) in [5.74, 6) is 2.28. The molecule has 6 heteroatoms. The predicted molar refractivity (Wildman–Crippen MR) is 99.2 cm³/mol. The minimum atomic E-state index is -0.187. The topological polar surface area (TPSA) is 60.4 Å². The Kier molecular flexibility index (Phi) is 3.60. The highest BCUT2D eigenvalue weighted by atomic mass is 16.7. The fourth-order valence-electron chi connectivity index (χ4n) is 4.37. The van der Waals surface area contributed by atoms with Gasteiger partial charge in [-0.2, -0.15) is 5.10 Å². The molecule has 0 unspecified atom stereocenters. The van der Waals surface area contributed by atoms with Gasteiger partial charge in [0.1, 0.15) is 5.75 Å². The third kappa shape index (κ3) is 2.40. The summed E-state index contributed by atoms with van der Waals surface area (Å²) < 4.78 is 16.7. The van der Waals surface area contributed by atoms with E-state index in [9.17, 15) is 4.79 Å². The van der Waals surface area contributed by atoms with Crippen molar-refractivity contribution in [2.75, 3.05) is 13.9 Å². The third-order valence-corrected chi connectivity index (χ3v) is 5.60. The van der Waals surface area contributed by atoms with E-state index in [2.05, 4.69) is 6.07 Å². The first-order chi connectivity index (χ1) is 13.2. The smallest absolute Gasteiger partial charge is 0.240 e. The van der Waals surface area contributed by atoms with E-state index in [-0.39, 0.29) is 24.7 Å². The predicted octanol–water partition coefficient (Wildman–Crippen LogP) is 3.29. The number of hydrazone groups is 1. The Morgan fingerprint density at radius 1 is 1.26 bits per heavy atom. The highest BCUT2D eigenvalue weighted by Crippen LogP contribution is 2.49. The average molecular weight is 364 g/mol. The van der Waals surface area contributed by atoms with E-state index in [4.69, 9.17) is 19.3 Å². The number of ether oxygens (including phenoxy) is 3. The van der Waals surface area contributed by atoms with Crippen molar-refractivity contribution in [3.63, 3.8) is 0 Å². The zero-order chi connectivity index (χ0) is 18.5. The van der Waals surface area contributed by atoms with E-state index in [1.165, 1.54) is 5.56 Å². The van der Waals surface area contributed by atoms with Gasteiger partial charge in [0.15, 0.2) is 11.5 Å². The molecule has 3 aliphatic rings. The van der Waals surface area contributed by atoms with E-state index in [1.807, 2.05) is 30.3 Å². The van der Waals surface area contributed by atoms with Gasteiger partial charge >= 0.3 is 0 Å². The van der Waals surface area contributed by atoms with Crippen molar-refractivity contribution in [1.29, 1.82) is 0 Å². The van der Waals surface area contributed by atoms with Gasteiger partial charge in [-0.1, -0.05) is 18.2 Å². The second-order valence-electron chi connectivity index (χ2n) is 7.04. The van der Waals surface area contributed by atoms with E-state index < -0.39 is 0 Å². The van der Waals surface area contributed by atoms with Crippen LogP contribution in [-0.4, -0.2) is 30.5 Å². The fourth-order valence-corrected chi connectivity index (χ4v) is 4.37. The summed E-state index contributed by atoms with van der Waals surface area (Å²) in [6.07, 6.45) is 1.87. The lowest BCUT2D eigenvalue weighted by atomic mass is 9.77. The molecule has 0 fully saturated rings. The maximum Gasteiger partial charge on any atom is 0.240 e. The van der Waals surface area contributed by atoms with Crippen molar-refractivity contribution in [3.8, 4) is 17.2 Å². The molecule has 0 bridgehead atoms. The lowest BCUT2D eigenvalue weighted by molar-refractivity contribution is -0.131. The summed E-state index contributed by atoms with van der Waals surface area (Å²) in [6, 6.07) is 11.7. The molecule has 6 nitrogen and oxygen atoms in total. The van der Waals surface area contributed by atoms with Crippen LogP contribution in [0, 0.1) is 5.92 Å². The largest absolute Gasteiger partial charge is 0.497 e. The highest BCUT2D eigenvalue weighted by Gasteiger charge is 2.45. The van der Waals surface area contributed by atoms with Crippen molar-refractivity contribution < 1.29 is 19.0 Å². The van der Waals surface area contributed by atoms with Crippen LogP contribution in [0.15, 0.2) is 41.5 Å². The number of rotatable bonds is 2. The molecule has 138 valence electrons. The molecule has 0 N–H and O–H groups in total. The minimum Gasteiger partial charge on any atom is -0.497 e. The molecular formula is C21H20N2O4. The number of methoxy groups -OCH3 is 1. The monoisotopic (exact) mass is 364 g/mol. The molecule has 1 aliphatic carbocycles. The molecule has 0 radical (unpaired) electrons. The van der Waals surface area contributed by atoms with Gasteiger partial charge in [-0.15, -0.1) is 0 Å². The van der Waals surface area contributed by atoms with Crippen molar-refractivity contribution in [2.45, 2.75) is 25.8 Å². The summed E-state index contributed by atoms with van der Waals surface area (Å²) >= 11 is 0. The Morgan fingerprint density at radius 3 is 2.96 bits per heavy atom. The zero-order valence-corrected chi connectivity index (χ0v) is 15.3. The van der Waals surface area contributed by atoms with E-state index in [1.54, 1.807) is 19.0 Å². The maximum absolute atomic E-state index is 12.4. The Morgan fingerprint density at radius 2 is 2.15 bits per heavy atom. The SMILES string of the molecule is COc1ccc2c(c1)C1=NN(C(C)=O)[C@@H](c3cccc4c3OCO4)[C@@H]1CC2. The number of aryl methyl sites for hydroxylation is 1. The lowest BCUT2D eigenvalue weighted by Gasteiger charge is -2.29. The van der Waals surface area contributed by atoms with Gasteiger partial charge in [0.25, 0.3) is 0 Å². The number of carbonyl (C=O) groups excluding carboxylic acids is 1. The quantitative estimate of drug-likeness (QED) is 0.820. The molecule has 0 saturated carbocycles. The van der Waals surface area contributed by atoms with Crippen molar-refractivity contribution >= 4 is 11.6 Å². The number of hydrogen-bond acceptors (Lipinski definition) is 5. The highest BCUT2D eigenvalue weighted by molar-refractivity contribution is 6.07. The zero-order valence-electron chi connectivity index (χ0n) is 15.3. The molecular weight excluding hydrogens is 344 g/mol. The first kappa shape index (κ1) is 16.2. The fraction of sp³-hybridized carbons (Fsp3) is 0.333. The number of amides is 1. The van der Waals surface area contributed by atoms with Gasteiger partial charge in [-0.05, 0) is 36.6 Å². The summed E-state index contributed by atoms with van der Waals surface area (Å²) in [7, 11) is 1.66. The first-order valence-corrected chi connectivity index (χ1v) is 9.11. The molecule has 0 spiro atoms. The lowest BCUT2D eigenvalue weighted by Crippen LogP contribution is -2.31. The standard InChI is InChI=1S/C21H20N2O4/c1-12(24)23-20(16-4-3-5-18-21(16)27-11-26-18)15-9-7-13-6-8-14(25-2)10-17(13)19(15)22-23/h3-6,8,10,15,20H,7,9,11H2,1-2H3/t15-,20-/m1/s1. The molecule has 0 saturated heterocycles. The summed E-state index contributed by atoms with van der Waals surface area (Å²) in [5.41, 5.74) is 4.22. The van der Waals surface area contributed by atoms with Crippen LogP contribution in [0.3, 0.4) is 0 Å². The van der Waals surface area contributed by atoms with Gasteiger partial charge in [0.05, 0.1) is 18.9 Å². The Hall–Kier alpha value is -3.02. The Bertz CT molecular complexity index is 969. The molecule has 2 aromatic carbocycles. The number of para-hydroxylation sites is 1. The molecule has 2 aromatic rings. The number of nitrogens with zero attached hydrogens (tertiary/aromatic N) is 2. The number of fused-ring (bicyclic) bond motifs is 4. The first-order valence-electron chi connectivity index (χ1n) is 9.11. The Labute approximate surface area is 157 Å². The molecule has 27 heavy (non-hydrogen) atoms. The van der Waals surface area contributed by atoms with Gasteiger partial charge in [-0.25, -0.2) is 5.01 Å². The Balaban J connectivity index is 1.63. The van der Waals surface area contributed by atoms with E-state index in [0.717, 1.165) is 46.9 Å². The maximum atomic E-state index is 12.4. The van der Waals surface area contributed by atoms with Crippen molar-refractivity contribution in [2.24, 2.45) is 11.0 Å². The molecule has 5 rings (SSSR count). The van der Waals surface area contributed by atoms with Gasteiger partial charge in [0.2, 0.25) is 12.7 Å². The molecule has 2 aliphatic heterocycles. The van der Waals surface area contributed by atoms with Crippen molar-refractivity contribution in [1.82, 2.24) is 5.01 Å². The summed E-state index contributed by atoms with van der Waals surface area (Å²) in [4.78, 5) is 12.4. The normalized spacial score (nSPS) is 22.1. The van der Waals surface area contributed by atoms with E-state index >= 15 is 0 Å². The number of benzene rings is 2. The van der Waals surface area contributed by atoms with Gasteiger partial charge < -0.3 is 14.2 Å². The van der Waals surface area contributed by atoms with Crippen LogP contribution in [0.1, 0.15) is 36.1 Å². The molecule has 2 atom stereocenters. The van der Waals surface area contributed by atoms with Gasteiger partial charge in [-0.3, -0.25) is 4.79 Å².